The first-order valence-electron chi connectivity index (χ1n) is 6.88. The average Bonchev–Trinajstić information content (AvgIpc) is 2.50. The molecule has 3 rings (SSSR count). The molecule has 1 aliphatic rings. The molecule has 2 aromatic carbocycles. The number of carbonyl (C=O) groups is 2. The topological polar surface area (TPSA) is 34.1 Å². The van der Waals surface area contributed by atoms with Gasteiger partial charge >= 0.3 is 6.18 Å². The number of alkyl halides is 3. The van der Waals surface area contributed by atoms with E-state index in [0.29, 0.717) is 5.56 Å². The fourth-order valence-electron chi connectivity index (χ4n) is 2.76. The Morgan fingerprint density at radius 2 is 1.22 bits per heavy atom. The number of allylic oxidation sites excluding steroid dienone is 2. The van der Waals surface area contributed by atoms with Crippen molar-refractivity contribution in [2.45, 2.75) is 13.1 Å². The number of carbonyl (C=O) groups excluding carboxylic acids is 2. The van der Waals surface area contributed by atoms with Crippen LogP contribution in [0, 0.1) is 6.92 Å². The van der Waals surface area contributed by atoms with Crippen molar-refractivity contribution in [2.24, 2.45) is 0 Å². The SMILES string of the molecule is Cc1ccccc1C1=C(C(F)(F)F)C(=O)c2ccccc2C1=O. The van der Waals surface area contributed by atoms with Crippen molar-refractivity contribution in [3.05, 3.63) is 76.4 Å². The summed E-state index contributed by atoms with van der Waals surface area (Å²) in [5.41, 5.74) is -1.53. The van der Waals surface area contributed by atoms with Gasteiger partial charge in [0, 0.05) is 16.7 Å². The fourth-order valence-corrected chi connectivity index (χ4v) is 2.76. The Morgan fingerprint density at radius 3 is 1.74 bits per heavy atom. The molecule has 0 heterocycles. The van der Waals surface area contributed by atoms with E-state index in [1.807, 2.05) is 0 Å². The maximum Gasteiger partial charge on any atom is 0.420 e. The van der Waals surface area contributed by atoms with Crippen molar-refractivity contribution < 1.29 is 22.8 Å². The molecule has 0 saturated carbocycles. The maximum atomic E-state index is 13.5. The van der Waals surface area contributed by atoms with Crippen LogP contribution < -0.4 is 0 Å². The van der Waals surface area contributed by atoms with Crippen molar-refractivity contribution in [3.8, 4) is 0 Å². The lowest BCUT2D eigenvalue weighted by Gasteiger charge is -2.23. The summed E-state index contributed by atoms with van der Waals surface area (Å²) in [5.74, 6) is -1.94. The Labute approximate surface area is 130 Å². The molecule has 0 spiro atoms. The highest BCUT2D eigenvalue weighted by Gasteiger charge is 2.47. The van der Waals surface area contributed by atoms with Crippen molar-refractivity contribution in [1.29, 1.82) is 0 Å². The zero-order valence-corrected chi connectivity index (χ0v) is 12.1. The molecule has 2 aromatic rings. The van der Waals surface area contributed by atoms with Crippen molar-refractivity contribution in [1.82, 2.24) is 0 Å². The predicted octanol–water partition coefficient (Wildman–Crippen LogP) is 4.39. The van der Waals surface area contributed by atoms with Crippen LogP contribution in [-0.2, 0) is 0 Å². The molecule has 0 aliphatic heterocycles. The van der Waals surface area contributed by atoms with Gasteiger partial charge in [-0.2, -0.15) is 13.2 Å². The van der Waals surface area contributed by atoms with E-state index in [2.05, 4.69) is 0 Å². The van der Waals surface area contributed by atoms with Crippen molar-refractivity contribution in [2.75, 3.05) is 0 Å². The number of rotatable bonds is 1. The van der Waals surface area contributed by atoms with Crippen LogP contribution in [0.3, 0.4) is 0 Å². The Hall–Kier alpha value is -2.69. The van der Waals surface area contributed by atoms with E-state index in [0.717, 1.165) is 0 Å². The second-order valence-electron chi connectivity index (χ2n) is 5.27. The summed E-state index contributed by atoms with van der Waals surface area (Å²) < 4.78 is 40.5. The lowest BCUT2D eigenvalue weighted by molar-refractivity contribution is -0.0882. The predicted molar refractivity (Wildman–Crippen MR) is 79.3 cm³/mol. The monoisotopic (exact) mass is 316 g/mol. The first-order chi connectivity index (χ1) is 10.8. The second kappa shape index (κ2) is 5.19. The van der Waals surface area contributed by atoms with E-state index in [-0.39, 0.29) is 16.7 Å². The van der Waals surface area contributed by atoms with E-state index in [1.165, 1.54) is 30.3 Å². The van der Waals surface area contributed by atoms with E-state index < -0.39 is 28.9 Å². The van der Waals surface area contributed by atoms with Crippen LogP contribution in [0.2, 0.25) is 0 Å². The molecule has 0 atom stereocenters. The third-order valence-electron chi connectivity index (χ3n) is 3.82. The number of hydrogen-bond acceptors (Lipinski definition) is 2. The molecule has 1 aliphatic carbocycles. The third-order valence-corrected chi connectivity index (χ3v) is 3.82. The van der Waals surface area contributed by atoms with Crippen LogP contribution in [0.15, 0.2) is 54.1 Å². The average molecular weight is 316 g/mol. The first kappa shape index (κ1) is 15.2. The summed E-state index contributed by atoms with van der Waals surface area (Å²) in [6.45, 7) is 1.61. The number of hydrogen-bond donors (Lipinski definition) is 0. The van der Waals surface area contributed by atoms with Crippen LogP contribution in [0.25, 0.3) is 5.57 Å². The number of aryl methyl sites for hydroxylation is 1. The molecular weight excluding hydrogens is 305 g/mol. The van der Waals surface area contributed by atoms with Crippen LogP contribution in [0.1, 0.15) is 31.8 Å². The number of fused-ring (bicyclic) bond motifs is 1. The first-order valence-corrected chi connectivity index (χ1v) is 6.88. The molecule has 23 heavy (non-hydrogen) atoms. The fraction of sp³-hybridized carbons (Fsp3) is 0.111. The largest absolute Gasteiger partial charge is 0.420 e. The van der Waals surface area contributed by atoms with Gasteiger partial charge in [-0.05, 0) is 18.1 Å². The minimum atomic E-state index is -4.90. The van der Waals surface area contributed by atoms with Crippen molar-refractivity contribution >= 4 is 17.1 Å². The van der Waals surface area contributed by atoms with Gasteiger partial charge in [-0.25, -0.2) is 0 Å². The molecule has 0 unspecified atom stereocenters. The summed E-state index contributed by atoms with van der Waals surface area (Å²) in [5, 5.41) is 0. The van der Waals surface area contributed by atoms with Gasteiger partial charge in [0.15, 0.2) is 11.6 Å². The Balaban J connectivity index is 2.38. The highest BCUT2D eigenvalue weighted by molar-refractivity contribution is 6.41. The van der Waals surface area contributed by atoms with E-state index in [9.17, 15) is 22.8 Å². The third kappa shape index (κ3) is 2.38. The smallest absolute Gasteiger partial charge is 0.289 e. The molecule has 2 nitrogen and oxygen atoms in total. The van der Waals surface area contributed by atoms with Gasteiger partial charge in [0.05, 0.1) is 0 Å². The number of halogens is 3. The molecule has 0 saturated heterocycles. The molecule has 5 heteroatoms. The van der Waals surface area contributed by atoms with Gasteiger partial charge in [0.25, 0.3) is 0 Å². The molecular formula is C18H11F3O2. The molecule has 0 aromatic heterocycles. The molecule has 0 radical (unpaired) electrons. The standard InChI is InChI=1S/C18H11F3O2/c1-10-6-2-3-7-11(10)14-15(18(19,20)21)17(23)13-9-5-4-8-12(13)16(14)22/h2-9H,1H3. The molecule has 0 N–H and O–H groups in total. The Bertz CT molecular complexity index is 861. The normalized spacial score (nSPS) is 15.0. The summed E-state index contributed by atoms with van der Waals surface area (Å²) in [6, 6.07) is 11.8. The van der Waals surface area contributed by atoms with Crippen LogP contribution in [-0.4, -0.2) is 17.7 Å². The van der Waals surface area contributed by atoms with Gasteiger partial charge < -0.3 is 0 Å². The lowest BCUT2D eigenvalue weighted by atomic mass is 9.80. The quantitative estimate of drug-likeness (QED) is 0.782. The van der Waals surface area contributed by atoms with Crippen LogP contribution in [0.4, 0.5) is 13.2 Å². The van der Waals surface area contributed by atoms with Crippen molar-refractivity contribution in [3.63, 3.8) is 0 Å². The number of Topliss-reactive ketones (excluding diaryl/α,β-unsaturated/α-hetero) is 2. The number of benzene rings is 2. The summed E-state index contributed by atoms with van der Waals surface area (Å²) in [7, 11) is 0. The number of ketones is 2. The highest BCUT2D eigenvalue weighted by atomic mass is 19.4. The van der Waals surface area contributed by atoms with Crippen LogP contribution >= 0.6 is 0 Å². The Kier molecular flexibility index (Phi) is 3.43. The maximum absolute atomic E-state index is 13.5. The van der Waals surface area contributed by atoms with E-state index in [1.54, 1.807) is 25.1 Å². The lowest BCUT2D eigenvalue weighted by Crippen LogP contribution is -2.30. The van der Waals surface area contributed by atoms with E-state index >= 15 is 0 Å². The minimum Gasteiger partial charge on any atom is -0.289 e. The summed E-state index contributed by atoms with van der Waals surface area (Å²) in [4.78, 5) is 25.0. The molecule has 0 fully saturated rings. The molecule has 0 amide bonds. The van der Waals surface area contributed by atoms with Gasteiger partial charge in [0.1, 0.15) is 5.57 Å². The van der Waals surface area contributed by atoms with E-state index in [4.69, 9.17) is 0 Å². The van der Waals surface area contributed by atoms with Crippen LogP contribution in [0.5, 0.6) is 0 Å². The summed E-state index contributed by atoms with van der Waals surface area (Å²) in [6.07, 6.45) is -4.90. The zero-order valence-electron chi connectivity index (χ0n) is 12.1. The Morgan fingerprint density at radius 1 is 0.739 bits per heavy atom. The molecule has 0 bridgehead atoms. The van der Waals surface area contributed by atoms with Gasteiger partial charge in [-0.1, -0.05) is 48.5 Å². The second-order valence-corrected chi connectivity index (χ2v) is 5.27. The zero-order chi connectivity index (χ0) is 16.8. The minimum absolute atomic E-state index is 0.00348. The van der Waals surface area contributed by atoms with Gasteiger partial charge in [-0.15, -0.1) is 0 Å². The highest BCUT2D eigenvalue weighted by Crippen LogP contribution is 2.41. The summed E-state index contributed by atoms with van der Waals surface area (Å²) >= 11 is 0. The van der Waals surface area contributed by atoms with Gasteiger partial charge in [-0.3, -0.25) is 9.59 Å². The van der Waals surface area contributed by atoms with Gasteiger partial charge in [0.2, 0.25) is 0 Å². The molecule has 116 valence electrons.